The number of nitrogens with one attached hydrogen (secondary N) is 1. The lowest BCUT2D eigenvalue weighted by atomic mass is 10.1. The molecule has 88 valence electrons. The molecule has 0 bridgehead atoms. The maximum atomic E-state index is 11.0. The first-order valence-corrected chi connectivity index (χ1v) is 4.94. The van der Waals surface area contributed by atoms with Gasteiger partial charge in [0.1, 0.15) is 6.10 Å². The summed E-state index contributed by atoms with van der Waals surface area (Å²) in [4.78, 5) is 22.7. The number of pyridine rings is 1. The smallest absolute Gasteiger partial charge is 0.334 e. The Bertz CT molecular complexity index is 446. The monoisotopic (exact) mass is 246 g/mol. The number of aliphatic hydroxyl groups is 2. The number of hydrogen-bond donors (Lipinski definition) is 4. The van der Waals surface area contributed by atoms with Crippen molar-refractivity contribution in [2.75, 3.05) is 5.75 Å². The van der Waals surface area contributed by atoms with Crippen LogP contribution in [0, 0.1) is 10.1 Å². The molecular formula is C8H10N2O5S. The van der Waals surface area contributed by atoms with Crippen molar-refractivity contribution in [3.63, 3.8) is 0 Å². The third-order valence-corrected chi connectivity index (χ3v) is 2.37. The molecule has 0 amide bonds. The molecule has 1 heterocycles. The fourth-order valence-electron chi connectivity index (χ4n) is 1.12. The molecule has 0 saturated heterocycles. The fraction of sp³-hybridized carbons (Fsp3) is 0.375. The molecule has 2 unspecified atom stereocenters. The van der Waals surface area contributed by atoms with E-state index in [1.165, 1.54) is 0 Å². The van der Waals surface area contributed by atoms with E-state index in [0.717, 1.165) is 12.3 Å². The van der Waals surface area contributed by atoms with E-state index in [1.54, 1.807) is 0 Å². The highest BCUT2D eigenvalue weighted by Gasteiger charge is 2.21. The first-order chi connectivity index (χ1) is 7.47. The van der Waals surface area contributed by atoms with Crippen molar-refractivity contribution in [3.05, 3.63) is 38.3 Å². The largest absolute Gasteiger partial charge is 0.389 e. The van der Waals surface area contributed by atoms with E-state index in [9.17, 15) is 25.1 Å². The lowest BCUT2D eigenvalue weighted by molar-refractivity contribution is -0.386. The second kappa shape index (κ2) is 5.10. The van der Waals surface area contributed by atoms with Gasteiger partial charge in [0.2, 0.25) is 0 Å². The van der Waals surface area contributed by atoms with E-state index in [-0.39, 0.29) is 11.3 Å². The molecule has 2 atom stereocenters. The Morgan fingerprint density at radius 1 is 1.56 bits per heavy atom. The highest BCUT2D eigenvalue weighted by atomic mass is 32.1. The van der Waals surface area contributed by atoms with Crippen LogP contribution in [0.3, 0.4) is 0 Å². The van der Waals surface area contributed by atoms with Crippen molar-refractivity contribution in [2.24, 2.45) is 0 Å². The molecule has 7 nitrogen and oxygen atoms in total. The van der Waals surface area contributed by atoms with Crippen molar-refractivity contribution < 1.29 is 15.1 Å². The van der Waals surface area contributed by atoms with Crippen LogP contribution >= 0.6 is 12.6 Å². The van der Waals surface area contributed by atoms with Gasteiger partial charge in [-0.2, -0.15) is 12.6 Å². The third kappa shape index (κ3) is 2.60. The predicted octanol–water partition coefficient (Wildman–Crippen LogP) is -0.393. The summed E-state index contributed by atoms with van der Waals surface area (Å²) in [5.41, 5.74) is -1.47. The van der Waals surface area contributed by atoms with Crippen LogP contribution in [0.5, 0.6) is 0 Å². The Morgan fingerprint density at radius 3 is 2.69 bits per heavy atom. The average molecular weight is 246 g/mol. The summed E-state index contributed by atoms with van der Waals surface area (Å²) in [5.74, 6) is -0.00586. The van der Waals surface area contributed by atoms with E-state index in [4.69, 9.17) is 0 Å². The van der Waals surface area contributed by atoms with Crippen molar-refractivity contribution in [2.45, 2.75) is 12.2 Å². The van der Waals surface area contributed by atoms with Crippen LogP contribution < -0.4 is 5.56 Å². The molecule has 0 spiro atoms. The number of nitrogens with zero attached hydrogens (tertiary/aromatic N) is 1. The molecule has 0 aromatic carbocycles. The van der Waals surface area contributed by atoms with Gasteiger partial charge in [0.05, 0.1) is 11.0 Å². The lowest BCUT2D eigenvalue weighted by Crippen LogP contribution is -2.21. The standard InChI is InChI=1S/C8H10N2O5S/c11-6(3-16)7(12)4-1-5(10(14)15)8(13)9-2-4/h1-2,6-7,11-12,16H,3H2,(H,9,13). The third-order valence-electron chi connectivity index (χ3n) is 2.00. The van der Waals surface area contributed by atoms with Gasteiger partial charge in [-0.25, -0.2) is 0 Å². The van der Waals surface area contributed by atoms with Gasteiger partial charge < -0.3 is 15.2 Å². The van der Waals surface area contributed by atoms with Gasteiger partial charge in [0, 0.05) is 23.6 Å². The normalized spacial score (nSPS) is 14.4. The molecule has 1 aromatic heterocycles. The number of aromatic nitrogens is 1. The van der Waals surface area contributed by atoms with E-state index in [2.05, 4.69) is 17.6 Å². The molecule has 0 aliphatic carbocycles. The molecule has 0 fully saturated rings. The topological polar surface area (TPSA) is 116 Å². The SMILES string of the molecule is O=c1[nH]cc(C(O)C(O)CS)cc1[N+](=O)[O-]. The molecule has 8 heteroatoms. The van der Waals surface area contributed by atoms with Crippen LogP contribution in [0.15, 0.2) is 17.1 Å². The average Bonchev–Trinajstić information content (AvgIpc) is 2.27. The Hall–Kier alpha value is -1.38. The van der Waals surface area contributed by atoms with Crippen LogP contribution in [0.25, 0.3) is 0 Å². The Balaban J connectivity index is 3.12. The predicted molar refractivity (Wildman–Crippen MR) is 58.5 cm³/mol. The molecule has 0 saturated carbocycles. The van der Waals surface area contributed by atoms with Gasteiger partial charge in [-0.3, -0.25) is 14.9 Å². The van der Waals surface area contributed by atoms with Crippen molar-refractivity contribution >= 4 is 18.3 Å². The summed E-state index contributed by atoms with van der Waals surface area (Å²) in [7, 11) is 0. The van der Waals surface area contributed by atoms with E-state index in [1.807, 2.05) is 0 Å². The zero-order valence-electron chi connectivity index (χ0n) is 8.03. The minimum atomic E-state index is -1.33. The van der Waals surface area contributed by atoms with E-state index < -0.39 is 28.4 Å². The lowest BCUT2D eigenvalue weighted by Gasteiger charge is -2.15. The molecular weight excluding hydrogens is 236 g/mol. The number of rotatable bonds is 4. The van der Waals surface area contributed by atoms with Gasteiger partial charge in [0.25, 0.3) is 0 Å². The van der Waals surface area contributed by atoms with Gasteiger partial charge in [-0.1, -0.05) is 0 Å². The summed E-state index contributed by atoms with van der Waals surface area (Å²) in [6.07, 6.45) is -1.37. The molecule has 1 aromatic rings. The summed E-state index contributed by atoms with van der Waals surface area (Å²) in [6, 6.07) is 0.927. The summed E-state index contributed by atoms with van der Waals surface area (Å²) < 4.78 is 0. The van der Waals surface area contributed by atoms with Crippen LogP contribution in [0.4, 0.5) is 5.69 Å². The van der Waals surface area contributed by atoms with Crippen molar-refractivity contribution in [1.29, 1.82) is 0 Å². The van der Waals surface area contributed by atoms with Gasteiger partial charge in [-0.15, -0.1) is 0 Å². The minimum absolute atomic E-state index is 0.00586. The molecule has 1 rings (SSSR count). The number of H-pyrrole nitrogens is 1. The zero-order chi connectivity index (χ0) is 12.3. The fourth-order valence-corrected chi connectivity index (χ4v) is 1.32. The Morgan fingerprint density at radius 2 is 2.19 bits per heavy atom. The van der Waals surface area contributed by atoms with Crippen molar-refractivity contribution in [1.82, 2.24) is 4.98 Å². The molecule has 3 N–H and O–H groups in total. The number of aromatic amines is 1. The van der Waals surface area contributed by atoms with Gasteiger partial charge >= 0.3 is 11.2 Å². The summed E-state index contributed by atoms with van der Waals surface area (Å²) in [6.45, 7) is 0. The Labute approximate surface area is 95.3 Å². The number of thiol groups is 1. The van der Waals surface area contributed by atoms with Crippen LogP contribution in [0.1, 0.15) is 11.7 Å². The second-order valence-corrected chi connectivity index (χ2v) is 3.46. The van der Waals surface area contributed by atoms with Crippen LogP contribution in [-0.4, -0.2) is 32.0 Å². The van der Waals surface area contributed by atoms with E-state index in [0.29, 0.717) is 0 Å². The maximum absolute atomic E-state index is 11.0. The van der Waals surface area contributed by atoms with Crippen LogP contribution in [-0.2, 0) is 0 Å². The first kappa shape index (κ1) is 12.7. The summed E-state index contributed by atoms with van der Waals surface area (Å²) >= 11 is 3.78. The number of hydrogen-bond acceptors (Lipinski definition) is 6. The molecule has 0 aliphatic heterocycles. The highest BCUT2D eigenvalue weighted by molar-refractivity contribution is 7.80. The zero-order valence-corrected chi connectivity index (χ0v) is 8.92. The first-order valence-electron chi connectivity index (χ1n) is 4.31. The van der Waals surface area contributed by atoms with Crippen molar-refractivity contribution in [3.8, 4) is 0 Å². The molecule has 0 aliphatic rings. The maximum Gasteiger partial charge on any atom is 0.334 e. The molecule has 0 radical (unpaired) electrons. The molecule has 16 heavy (non-hydrogen) atoms. The van der Waals surface area contributed by atoms with Gasteiger partial charge in [0.15, 0.2) is 0 Å². The highest BCUT2D eigenvalue weighted by Crippen LogP contribution is 2.18. The van der Waals surface area contributed by atoms with Gasteiger partial charge in [-0.05, 0) is 0 Å². The second-order valence-electron chi connectivity index (χ2n) is 3.10. The Kier molecular flexibility index (Phi) is 4.05. The van der Waals surface area contributed by atoms with Crippen LogP contribution in [0.2, 0.25) is 0 Å². The number of nitro groups is 1. The minimum Gasteiger partial charge on any atom is -0.389 e. The number of aliphatic hydroxyl groups excluding tert-OH is 2. The summed E-state index contributed by atoms with van der Waals surface area (Å²) in [5, 5.41) is 29.3. The van der Waals surface area contributed by atoms with E-state index >= 15 is 0 Å². The quantitative estimate of drug-likeness (QED) is 0.328.